The predicted octanol–water partition coefficient (Wildman–Crippen LogP) is 0.761. The van der Waals surface area contributed by atoms with Gasteiger partial charge in [0.1, 0.15) is 5.82 Å². The van der Waals surface area contributed by atoms with Crippen LogP contribution in [0.5, 0.6) is 0 Å². The maximum Gasteiger partial charge on any atom is 0.335 e. The molecule has 1 unspecified atom stereocenters. The number of hydrogen-bond acceptors (Lipinski definition) is 4. The number of carbonyl (C=O) groups is 3. The highest BCUT2D eigenvalue weighted by Gasteiger charge is 2.32. The van der Waals surface area contributed by atoms with E-state index in [1.165, 1.54) is 12.1 Å². The second-order valence-electron chi connectivity index (χ2n) is 4.85. The van der Waals surface area contributed by atoms with Crippen LogP contribution in [0.1, 0.15) is 29.3 Å². The zero-order chi connectivity index (χ0) is 15.6. The minimum atomic E-state index is -1.16. The maximum absolute atomic E-state index is 13.8. The van der Waals surface area contributed by atoms with E-state index in [4.69, 9.17) is 5.11 Å². The summed E-state index contributed by atoms with van der Waals surface area (Å²) in [7, 11) is 0. The Morgan fingerprint density at radius 3 is 2.81 bits per heavy atom. The van der Waals surface area contributed by atoms with Crippen LogP contribution in [0.2, 0.25) is 0 Å². The largest absolute Gasteiger partial charge is 0.478 e. The number of nitrogens with one attached hydrogen (secondary N) is 1. The Kier molecular flexibility index (Phi) is 4.32. The van der Waals surface area contributed by atoms with Crippen LogP contribution in [0.3, 0.4) is 0 Å². The highest BCUT2D eigenvalue weighted by Crippen LogP contribution is 2.17. The van der Waals surface area contributed by atoms with Gasteiger partial charge >= 0.3 is 5.97 Å². The highest BCUT2D eigenvalue weighted by atomic mass is 19.1. The number of rotatable bonds is 4. The third-order valence-electron chi connectivity index (χ3n) is 3.41. The molecule has 7 heteroatoms. The molecule has 1 aromatic carbocycles. The molecule has 1 aliphatic rings. The van der Waals surface area contributed by atoms with E-state index in [0.29, 0.717) is 6.42 Å². The van der Waals surface area contributed by atoms with Gasteiger partial charge in [-0.25, -0.2) is 9.18 Å². The minimum Gasteiger partial charge on any atom is -0.478 e. The Bertz CT molecular complexity index is 603. The molecular formula is C14H15FN2O4. The monoisotopic (exact) mass is 294 g/mol. The lowest BCUT2D eigenvalue weighted by atomic mass is 10.1. The van der Waals surface area contributed by atoms with Crippen molar-refractivity contribution >= 4 is 17.8 Å². The molecule has 112 valence electrons. The molecule has 0 aliphatic carbocycles. The molecule has 2 amide bonds. The number of imide groups is 1. The molecule has 0 bridgehead atoms. The summed E-state index contributed by atoms with van der Waals surface area (Å²) in [4.78, 5) is 35.6. The van der Waals surface area contributed by atoms with E-state index in [2.05, 4.69) is 5.32 Å². The van der Waals surface area contributed by atoms with Gasteiger partial charge in [0, 0.05) is 12.1 Å². The van der Waals surface area contributed by atoms with Crippen molar-refractivity contribution in [3.8, 4) is 0 Å². The number of benzene rings is 1. The second kappa shape index (κ2) is 6.01. The summed E-state index contributed by atoms with van der Waals surface area (Å²) in [6, 6.07) is 2.94. The molecule has 1 aliphatic heterocycles. The number of carbonyl (C=O) groups excluding carboxylic acids is 2. The first-order chi connectivity index (χ1) is 9.92. The number of piperazine rings is 1. The number of amides is 2. The molecule has 6 nitrogen and oxygen atoms in total. The molecule has 21 heavy (non-hydrogen) atoms. The molecule has 0 spiro atoms. The second-order valence-corrected chi connectivity index (χ2v) is 4.85. The summed E-state index contributed by atoms with van der Waals surface area (Å²) in [6.45, 7) is 1.77. The van der Waals surface area contributed by atoms with Crippen molar-refractivity contribution in [2.75, 3.05) is 6.54 Å². The van der Waals surface area contributed by atoms with E-state index >= 15 is 0 Å². The first-order valence-electron chi connectivity index (χ1n) is 6.51. The van der Waals surface area contributed by atoms with E-state index in [1.54, 1.807) is 11.8 Å². The Hall–Kier alpha value is -2.28. The third kappa shape index (κ3) is 3.25. The Labute approximate surface area is 120 Å². The van der Waals surface area contributed by atoms with Crippen LogP contribution >= 0.6 is 0 Å². The van der Waals surface area contributed by atoms with Crippen LogP contribution in [0.25, 0.3) is 0 Å². The number of carboxylic acids is 1. The summed E-state index contributed by atoms with van der Waals surface area (Å²) in [5, 5.41) is 11.2. The third-order valence-corrected chi connectivity index (χ3v) is 3.41. The van der Waals surface area contributed by atoms with Crippen molar-refractivity contribution in [1.29, 1.82) is 0 Å². The lowest BCUT2D eigenvalue weighted by molar-refractivity contribution is -0.140. The minimum absolute atomic E-state index is 0.00458. The molecule has 0 aromatic heterocycles. The molecule has 1 aromatic rings. The first kappa shape index (κ1) is 15.1. The molecule has 0 radical (unpaired) electrons. The number of nitrogens with zero attached hydrogens (tertiary/aromatic N) is 1. The average Bonchev–Trinajstić information content (AvgIpc) is 2.40. The van der Waals surface area contributed by atoms with Crippen LogP contribution in [-0.4, -0.2) is 40.4 Å². The summed E-state index contributed by atoms with van der Waals surface area (Å²) in [5.41, 5.74) is 0.114. The standard InChI is InChI=1S/C14H15FN2O4/c1-2-11-13(19)16-12(18)7-17(11)6-9-5-8(14(20)21)3-4-10(9)15/h3-5,11H,2,6-7H2,1H3,(H,20,21)(H,16,18,19). The van der Waals surface area contributed by atoms with Gasteiger partial charge in [-0.05, 0) is 24.6 Å². The molecule has 2 rings (SSSR count). The zero-order valence-electron chi connectivity index (χ0n) is 11.4. The van der Waals surface area contributed by atoms with Gasteiger partial charge in [0.05, 0.1) is 18.2 Å². The Morgan fingerprint density at radius 1 is 1.48 bits per heavy atom. The topological polar surface area (TPSA) is 86.7 Å². The first-order valence-corrected chi connectivity index (χ1v) is 6.51. The Morgan fingerprint density at radius 2 is 2.19 bits per heavy atom. The summed E-state index contributed by atoms with van der Waals surface area (Å²) >= 11 is 0. The summed E-state index contributed by atoms with van der Waals surface area (Å²) < 4.78 is 13.8. The van der Waals surface area contributed by atoms with Crippen molar-refractivity contribution in [3.05, 3.63) is 35.1 Å². The summed E-state index contributed by atoms with van der Waals surface area (Å²) in [6.07, 6.45) is 0.472. The van der Waals surface area contributed by atoms with Gasteiger partial charge in [-0.15, -0.1) is 0 Å². The van der Waals surface area contributed by atoms with Gasteiger partial charge in [0.25, 0.3) is 0 Å². The van der Waals surface area contributed by atoms with Crippen LogP contribution in [0.15, 0.2) is 18.2 Å². The van der Waals surface area contributed by atoms with E-state index in [-0.39, 0.29) is 24.2 Å². The predicted molar refractivity (Wildman–Crippen MR) is 71.0 cm³/mol. The molecular weight excluding hydrogens is 279 g/mol. The van der Waals surface area contributed by atoms with Crippen LogP contribution in [0.4, 0.5) is 4.39 Å². The van der Waals surface area contributed by atoms with E-state index in [9.17, 15) is 18.8 Å². The molecule has 1 fully saturated rings. The molecule has 1 atom stereocenters. The van der Waals surface area contributed by atoms with E-state index < -0.39 is 29.6 Å². The fraction of sp³-hybridized carbons (Fsp3) is 0.357. The lowest BCUT2D eigenvalue weighted by Crippen LogP contribution is -2.57. The van der Waals surface area contributed by atoms with E-state index in [0.717, 1.165) is 6.07 Å². The maximum atomic E-state index is 13.8. The van der Waals surface area contributed by atoms with Gasteiger partial charge in [-0.3, -0.25) is 19.8 Å². The molecule has 0 saturated carbocycles. The van der Waals surface area contributed by atoms with Crippen LogP contribution < -0.4 is 5.32 Å². The van der Waals surface area contributed by atoms with Crippen molar-refractivity contribution in [2.24, 2.45) is 0 Å². The quantitative estimate of drug-likeness (QED) is 0.801. The zero-order valence-corrected chi connectivity index (χ0v) is 11.4. The normalized spacial score (nSPS) is 19.4. The summed E-state index contributed by atoms with van der Waals surface area (Å²) in [5.74, 6) is -2.58. The lowest BCUT2D eigenvalue weighted by Gasteiger charge is -2.33. The van der Waals surface area contributed by atoms with Gasteiger partial charge in [0.15, 0.2) is 0 Å². The smallest absolute Gasteiger partial charge is 0.335 e. The number of carboxylic acid groups (broad SMARTS) is 1. The van der Waals surface area contributed by atoms with Crippen LogP contribution in [-0.2, 0) is 16.1 Å². The van der Waals surface area contributed by atoms with Crippen molar-refractivity contribution < 1.29 is 23.9 Å². The van der Waals surface area contributed by atoms with E-state index in [1.807, 2.05) is 0 Å². The highest BCUT2D eigenvalue weighted by molar-refractivity contribution is 6.01. The van der Waals surface area contributed by atoms with Gasteiger partial charge < -0.3 is 5.11 Å². The number of hydrogen-bond donors (Lipinski definition) is 2. The van der Waals surface area contributed by atoms with Gasteiger partial charge in [0.2, 0.25) is 11.8 Å². The molecule has 1 saturated heterocycles. The fourth-order valence-electron chi connectivity index (χ4n) is 2.38. The van der Waals surface area contributed by atoms with Crippen molar-refractivity contribution in [2.45, 2.75) is 25.9 Å². The number of aromatic carboxylic acids is 1. The van der Waals surface area contributed by atoms with Crippen molar-refractivity contribution in [1.82, 2.24) is 10.2 Å². The number of halogens is 1. The average molecular weight is 294 g/mol. The SMILES string of the molecule is CCC1C(=O)NC(=O)CN1Cc1cc(C(=O)O)ccc1F. The Balaban J connectivity index is 2.27. The fourth-order valence-corrected chi connectivity index (χ4v) is 2.38. The van der Waals surface area contributed by atoms with Gasteiger partial charge in [-0.2, -0.15) is 0 Å². The van der Waals surface area contributed by atoms with Crippen LogP contribution in [0, 0.1) is 5.82 Å². The van der Waals surface area contributed by atoms with Gasteiger partial charge in [-0.1, -0.05) is 6.92 Å². The van der Waals surface area contributed by atoms with Crippen molar-refractivity contribution in [3.63, 3.8) is 0 Å². The molecule has 2 N–H and O–H groups in total. The molecule has 1 heterocycles.